The molecule has 0 atom stereocenters. The standard InChI is InChI=1S/C18H22N2O4S/c1-3-24-17-9-7-15(8-10-17)13-25(22,23)19-12-18(21)20-16-6-4-5-14(2)11-16/h4-11,19H,3,12-13H2,1-2H3,(H,20,21). The van der Waals surface area contributed by atoms with Gasteiger partial charge in [0.05, 0.1) is 18.9 Å². The van der Waals surface area contributed by atoms with Crippen molar-refractivity contribution in [2.75, 3.05) is 18.5 Å². The number of anilines is 1. The third-order valence-corrected chi connectivity index (χ3v) is 4.64. The number of ether oxygens (including phenoxy) is 1. The predicted molar refractivity (Wildman–Crippen MR) is 98.0 cm³/mol. The van der Waals surface area contributed by atoms with E-state index >= 15 is 0 Å². The molecule has 25 heavy (non-hydrogen) atoms. The Kier molecular flexibility index (Phi) is 6.55. The summed E-state index contributed by atoms with van der Waals surface area (Å²) in [5, 5.41) is 2.66. The summed E-state index contributed by atoms with van der Waals surface area (Å²) in [6, 6.07) is 14.1. The summed E-state index contributed by atoms with van der Waals surface area (Å²) in [6.45, 7) is 4.03. The molecule has 0 unspecified atom stereocenters. The van der Waals surface area contributed by atoms with E-state index in [9.17, 15) is 13.2 Å². The molecule has 0 heterocycles. The van der Waals surface area contributed by atoms with Gasteiger partial charge in [-0.25, -0.2) is 13.1 Å². The monoisotopic (exact) mass is 362 g/mol. The van der Waals surface area contributed by atoms with Crippen LogP contribution in [-0.4, -0.2) is 27.5 Å². The van der Waals surface area contributed by atoms with Crippen LogP contribution in [0.5, 0.6) is 5.75 Å². The molecule has 2 rings (SSSR count). The van der Waals surface area contributed by atoms with Crippen molar-refractivity contribution in [2.24, 2.45) is 0 Å². The van der Waals surface area contributed by atoms with Gasteiger partial charge in [0.1, 0.15) is 5.75 Å². The summed E-state index contributed by atoms with van der Waals surface area (Å²) in [5.41, 5.74) is 2.26. The van der Waals surface area contributed by atoms with E-state index in [0.29, 0.717) is 23.6 Å². The van der Waals surface area contributed by atoms with Gasteiger partial charge in [0.2, 0.25) is 15.9 Å². The van der Waals surface area contributed by atoms with Crippen molar-refractivity contribution in [2.45, 2.75) is 19.6 Å². The maximum absolute atomic E-state index is 12.1. The molecule has 0 aliphatic carbocycles. The molecule has 0 saturated heterocycles. The first-order chi connectivity index (χ1) is 11.9. The van der Waals surface area contributed by atoms with E-state index in [4.69, 9.17) is 4.74 Å². The van der Waals surface area contributed by atoms with Gasteiger partial charge in [-0.3, -0.25) is 4.79 Å². The highest BCUT2D eigenvalue weighted by atomic mass is 32.2. The van der Waals surface area contributed by atoms with E-state index in [1.807, 2.05) is 32.0 Å². The maximum Gasteiger partial charge on any atom is 0.239 e. The largest absolute Gasteiger partial charge is 0.494 e. The Morgan fingerprint density at radius 2 is 1.84 bits per heavy atom. The molecule has 6 nitrogen and oxygen atoms in total. The number of benzene rings is 2. The lowest BCUT2D eigenvalue weighted by Crippen LogP contribution is -2.33. The Balaban J connectivity index is 1.87. The van der Waals surface area contributed by atoms with Crippen LogP contribution < -0.4 is 14.8 Å². The Morgan fingerprint density at radius 1 is 1.12 bits per heavy atom. The minimum Gasteiger partial charge on any atom is -0.494 e. The van der Waals surface area contributed by atoms with Crippen LogP contribution in [-0.2, 0) is 20.6 Å². The zero-order valence-corrected chi connectivity index (χ0v) is 15.1. The van der Waals surface area contributed by atoms with Gasteiger partial charge in [-0.2, -0.15) is 0 Å². The average Bonchev–Trinajstić information content (AvgIpc) is 2.55. The third kappa shape index (κ3) is 6.56. The Bertz CT molecular complexity index is 817. The number of amides is 1. The molecule has 0 aliphatic rings. The first kappa shape index (κ1) is 19.0. The second kappa shape index (κ2) is 8.64. The summed E-state index contributed by atoms with van der Waals surface area (Å²) in [7, 11) is -3.61. The normalized spacial score (nSPS) is 11.1. The van der Waals surface area contributed by atoms with Gasteiger partial charge < -0.3 is 10.1 Å². The van der Waals surface area contributed by atoms with Crippen molar-refractivity contribution < 1.29 is 17.9 Å². The van der Waals surface area contributed by atoms with Crippen LogP contribution in [0, 0.1) is 6.92 Å². The Labute approximate surface area is 148 Å². The summed E-state index contributed by atoms with van der Waals surface area (Å²) in [6.07, 6.45) is 0. The molecule has 0 saturated carbocycles. The molecular weight excluding hydrogens is 340 g/mol. The van der Waals surface area contributed by atoms with Crippen LogP contribution >= 0.6 is 0 Å². The lowest BCUT2D eigenvalue weighted by atomic mass is 10.2. The van der Waals surface area contributed by atoms with E-state index in [0.717, 1.165) is 5.56 Å². The van der Waals surface area contributed by atoms with Crippen LogP contribution in [0.4, 0.5) is 5.69 Å². The van der Waals surface area contributed by atoms with Crippen LogP contribution in [0.15, 0.2) is 48.5 Å². The second-order valence-corrected chi connectivity index (χ2v) is 7.38. The fourth-order valence-corrected chi connectivity index (χ4v) is 3.31. The molecule has 0 aromatic heterocycles. The molecule has 7 heteroatoms. The number of rotatable bonds is 8. The quantitative estimate of drug-likeness (QED) is 0.755. The fraction of sp³-hybridized carbons (Fsp3) is 0.278. The summed E-state index contributed by atoms with van der Waals surface area (Å²) in [4.78, 5) is 11.9. The van der Waals surface area contributed by atoms with Crippen molar-refractivity contribution in [1.29, 1.82) is 0 Å². The molecule has 0 bridgehead atoms. The molecule has 1 amide bonds. The van der Waals surface area contributed by atoms with Crippen molar-refractivity contribution in [1.82, 2.24) is 4.72 Å². The van der Waals surface area contributed by atoms with Crippen molar-refractivity contribution in [3.8, 4) is 5.75 Å². The number of hydrogen-bond acceptors (Lipinski definition) is 4. The fourth-order valence-electron chi connectivity index (χ4n) is 2.22. The first-order valence-corrected chi connectivity index (χ1v) is 9.59. The SMILES string of the molecule is CCOc1ccc(CS(=O)(=O)NCC(=O)Nc2cccc(C)c2)cc1. The summed E-state index contributed by atoms with van der Waals surface area (Å²) in [5.74, 6) is 0.0759. The number of hydrogen-bond donors (Lipinski definition) is 2. The van der Waals surface area contributed by atoms with Gasteiger partial charge in [-0.05, 0) is 49.2 Å². The van der Waals surface area contributed by atoms with Gasteiger partial charge in [0.15, 0.2) is 0 Å². The molecule has 0 fully saturated rings. The third-order valence-electron chi connectivity index (χ3n) is 3.35. The molecular formula is C18H22N2O4S. The molecule has 0 aliphatic heterocycles. The first-order valence-electron chi connectivity index (χ1n) is 7.93. The summed E-state index contributed by atoms with van der Waals surface area (Å²) >= 11 is 0. The maximum atomic E-state index is 12.1. The van der Waals surface area contributed by atoms with Gasteiger partial charge in [0.25, 0.3) is 0 Å². The average molecular weight is 362 g/mol. The highest BCUT2D eigenvalue weighted by Gasteiger charge is 2.13. The van der Waals surface area contributed by atoms with E-state index in [-0.39, 0.29) is 12.3 Å². The van der Waals surface area contributed by atoms with Crippen LogP contribution in [0.25, 0.3) is 0 Å². The van der Waals surface area contributed by atoms with Gasteiger partial charge >= 0.3 is 0 Å². The lowest BCUT2D eigenvalue weighted by molar-refractivity contribution is -0.115. The van der Waals surface area contributed by atoms with Gasteiger partial charge in [0, 0.05) is 5.69 Å². The smallest absolute Gasteiger partial charge is 0.239 e. The second-order valence-electron chi connectivity index (χ2n) is 5.57. The summed E-state index contributed by atoms with van der Waals surface area (Å²) < 4.78 is 31.8. The topological polar surface area (TPSA) is 84.5 Å². The van der Waals surface area contributed by atoms with Crippen LogP contribution in [0.1, 0.15) is 18.1 Å². The molecule has 2 aromatic rings. The molecule has 2 aromatic carbocycles. The minimum absolute atomic E-state index is 0.197. The highest BCUT2D eigenvalue weighted by molar-refractivity contribution is 7.88. The molecule has 2 N–H and O–H groups in total. The zero-order chi connectivity index (χ0) is 18.3. The van der Waals surface area contributed by atoms with E-state index in [1.165, 1.54) is 0 Å². The zero-order valence-electron chi connectivity index (χ0n) is 14.3. The van der Waals surface area contributed by atoms with E-state index in [2.05, 4.69) is 10.0 Å². The Morgan fingerprint density at radius 3 is 2.48 bits per heavy atom. The molecule has 0 radical (unpaired) electrons. The highest BCUT2D eigenvalue weighted by Crippen LogP contribution is 2.14. The number of carbonyl (C=O) groups is 1. The van der Waals surface area contributed by atoms with Gasteiger partial charge in [-0.15, -0.1) is 0 Å². The Hall–Kier alpha value is -2.38. The number of nitrogens with one attached hydrogen (secondary N) is 2. The van der Waals surface area contributed by atoms with Crippen LogP contribution in [0.2, 0.25) is 0 Å². The van der Waals surface area contributed by atoms with Gasteiger partial charge in [-0.1, -0.05) is 24.3 Å². The molecule has 0 spiro atoms. The van der Waals surface area contributed by atoms with Crippen LogP contribution in [0.3, 0.4) is 0 Å². The number of sulfonamides is 1. The molecule has 134 valence electrons. The van der Waals surface area contributed by atoms with Crippen molar-refractivity contribution in [3.05, 3.63) is 59.7 Å². The predicted octanol–water partition coefficient (Wildman–Crippen LogP) is 2.45. The lowest BCUT2D eigenvalue weighted by Gasteiger charge is -2.09. The number of aryl methyl sites for hydroxylation is 1. The minimum atomic E-state index is -3.61. The number of carbonyl (C=O) groups excluding carboxylic acids is 1. The van der Waals surface area contributed by atoms with Crippen molar-refractivity contribution in [3.63, 3.8) is 0 Å². The van der Waals surface area contributed by atoms with E-state index < -0.39 is 15.9 Å². The van der Waals surface area contributed by atoms with Crippen molar-refractivity contribution >= 4 is 21.6 Å². The van der Waals surface area contributed by atoms with E-state index in [1.54, 1.807) is 30.3 Å².